The van der Waals surface area contributed by atoms with Crippen molar-refractivity contribution in [1.82, 2.24) is 20.0 Å². The van der Waals surface area contributed by atoms with E-state index in [1.807, 2.05) is 13.8 Å². The number of rotatable bonds is 15. The third kappa shape index (κ3) is 34.0. The summed E-state index contributed by atoms with van der Waals surface area (Å²) in [5.41, 5.74) is 0.674. The summed E-state index contributed by atoms with van der Waals surface area (Å²) < 4.78 is 253. The van der Waals surface area contributed by atoms with Crippen LogP contribution in [0.15, 0.2) is 166 Å². The van der Waals surface area contributed by atoms with Gasteiger partial charge in [-0.1, -0.05) is 107 Å². The van der Waals surface area contributed by atoms with Crippen LogP contribution in [0, 0.1) is 23.7 Å². The number of halogens is 22. The summed E-state index contributed by atoms with van der Waals surface area (Å²) in [4.78, 5) is 28.6. The summed E-state index contributed by atoms with van der Waals surface area (Å²) in [6.45, 7) is 20.8. The molecule has 39 heteroatoms. The van der Waals surface area contributed by atoms with Crippen LogP contribution in [-0.2, 0) is 70.7 Å². The first-order chi connectivity index (χ1) is 59.3. The number of aliphatic hydroxyl groups excluding tert-OH is 1. The molecule has 8 aliphatic heterocycles. The van der Waals surface area contributed by atoms with Crippen LogP contribution in [-0.4, -0.2) is 130 Å². The topological polar surface area (TPSA) is 172 Å². The molecule has 2 unspecified atom stereocenters. The molecule has 127 heavy (non-hydrogen) atoms. The van der Waals surface area contributed by atoms with Crippen LogP contribution < -0.4 is 5.32 Å². The minimum absolute atomic E-state index is 0.112. The Kier molecular flexibility index (Phi) is 39.4. The predicted octanol–water partition coefficient (Wildman–Crippen LogP) is 25.7. The number of likely N-dealkylation sites (tertiary alicyclic amines) is 3. The van der Waals surface area contributed by atoms with Crippen LogP contribution in [0.4, 0.5) is 79.0 Å². The monoisotopic (exact) mass is 2090 g/mol. The van der Waals surface area contributed by atoms with Crippen molar-refractivity contribution in [2.45, 2.75) is 223 Å². The maximum Gasteiger partial charge on any atom is 0.416 e. The average molecular weight is 2100 g/mol. The minimum Gasteiger partial charge on any atom is -0.391 e. The Labute approximate surface area is 762 Å². The number of nitrogens with zero attached hydrogens (tertiary/aromatic N) is 7. The zero-order valence-electron chi connectivity index (χ0n) is 70.7. The van der Waals surface area contributed by atoms with Crippen molar-refractivity contribution in [3.8, 4) is 0 Å². The molecule has 14 rings (SSSR count). The van der Waals surface area contributed by atoms with Gasteiger partial charge in [-0.05, 0) is 314 Å². The maximum absolute atomic E-state index is 12.7. The molecule has 0 aromatic heterocycles. The summed E-state index contributed by atoms with van der Waals surface area (Å²) in [5.74, 6) is 2.42. The highest BCUT2D eigenvalue weighted by Gasteiger charge is 2.40. The molecule has 4 fully saturated rings. The lowest BCUT2D eigenvalue weighted by Crippen LogP contribution is -2.39. The third-order valence-corrected chi connectivity index (χ3v) is 25.8. The second kappa shape index (κ2) is 47.3. The van der Waals surface area contributed by atoms with Gasteiger partial charge in [-0.25, -0.2) is 0 Å². The molecule has 0 aliphatic carbocycles. The summed E-state index contributed by atoms with van der Waals surface area (Å²) >= 11 is 13.5. The fourth-order valence-corrected chi connectivity index (χ4v) is 17.7. The first kappa shape index (κ1) is 106. The smallest absolute Gasteiger partial charge is 0.391 e. The Balaban J connectivity index is 0.000000187. The van der Waals surface area contributed by atoms with Gasteiger partial charge in [-0.2, -0.15) is 87.4 Å². The standard InChI is InChI=1S/3C17H20BrF3N2O.C10H11F3O3S.C10H11F3.C9H9F3O.C8H13BrN2O/c3*1-11(12-2-4-14(5-3-12)17(19,20)21)23-8-6-13(7-9-23)15-10-16(18)22-24-15;1-7(16-17(2,14)15)8-3-5-9(6-4-8)10(11,12)13;1-7(2)8-3-5-9(6-4-8)10(11,12)13;1-6(13)7-2-4-8(5-3-7)9(10,11)12;9-8-5-7(12-11-8)6-1-3-10-4-2-6/h3*2-5,11,13,15H,6-10H2,1H3;3-7H,1-2H3;3-7H,1-2H3;2-6,13H,1H3;6-7,10H,1-5H2/t11-,15?;11-,15+;11-,15-;7-;;6-;/m1110.0./s1. The number of oxime groups is 4. The molecule has 0 bridgehead atoms. The van der Waals surface area contributed by atoms with Crippen LogP contribution in [0.2, 0.25) is 0 Å². The lowest BCUT2D eigenvalue weighted by Gasteiger charge is -2.37. The van der Waals surface area contributed by atoms with E-state index in [9.17, 15) is 87.4 Å². The largest absolute Gasteiger partial charge is 0.416 e. The molecule has 0 radical (unpaired) electrons. The summed E-state index contributed by atoms with van der Waals surface area (Å²) in [5, 5.41) is 28.1. The van der Waals surface area contributed by atoms with Crippen molar-refractivity contribution in [1.29, 1.82) is 0 Å². The van der Waals surface area contributed by atoms with Gasteiger partial charge in [0.15, 0.2) is 0 Å². The number of nitrogens with one attached hydrogen (secondary N) is 1. The quantitative estimate of drug-likeness (QED) is 0.0737. The van der Waals surface area contributed by atoms with Gasteiger partial charge in [-0.15, -0.1) is 0 Å². The molecule has 0 spiro atoms. The first-order valence-corrected chi connectivity index (χ1v) is 46.3. The number of hydrogen-bond acceptors (Lipinski definition) is 16. The summed E-state index contributed by atoms with van der Waals surface area (Å²) in [6.07, 6.45) is -13.6. The van der Waals surface area contributed by atoms with Gasteiger partial charge in [0.2, 0.25) is 0 Å². The van der Waals surface area contributed by atoms with E-state index >= 15 is 0 Å². The van der Waals surface area contributed by atoms with E-state index in [2.05, 4.69) is 129 Å². The van der Waals surface area contributed by atoms with Crippen molar-refractivity contribution in [2.75, 3.05) is 58.6 Å². The lowest BCUT2D eigenvalue weighted by molar-refractivity contribution is -0.138. The molecular weight excluding hydrogens is 1990 g/mol. The fourth-order valence-electron chi connectivity index (χ4n) is 15.5. The van der Waals surface area contributed by atoms with Gasteiger partial charge in [0, 0.05) is 67.5 Å². The highest BCUT2D eigenvalue weighted by Crippen LogP contribution is 2.41. The van der Waals surface area contributed by atoms with Crippen molar-refractivity contribution in [2.24, 2.45) is 44.3 Å². The van der Waals surface area contributed by atoms with Crippen molar-refractivity contribution in [3.05, 3.63) is 212 Å². The molecule has 16 nitrogen and oxygen atoms in total. The van der Waals surface area contributed by atoms with Crippen LogP contribution in [0.3, 0.4) is 0 Å². The molecule has 704 valence electrons. The Hall–Kier alpha value is -6.43. The van der Waals surface area contributed by atoms with E-state index in [1.165, 1.54) is 99.5 Å². The maximum atomic E-state index is 12.7. The number of alkyl halides is 18. The van der Waals surface area contributed by atoms with Gasteiger partial charge in [-0.3, -0.25) is 18.9 Å². The molecule has 2 N–H and O–H groups in total. The first-order valence-electron chi connectivity index (χ1n) is 41.4. The fraction of sp³-hybridized carbons (Fsp3) is 0.545. The van der Waals surface area contributed by atoms with Crippen LogP contribution in [0.25, 0.3) is 0 Å². The van der Waals surface area contributed by atoms with E-state index in [-0.39, 0.29) is 42.4 Å². The molecule has 6 aromatic rings. The van der Waals surface area contributed by atoms with Crippen LogP contribution in [0.5, 0.6) is 0 Å². The normalized spacial score (nSPS) is 21.5. The zero-order valence-corrected chi connectivity index (χ0v) is 77.9. The van der Waals surface area contributed by atoms with Crippen molar-refractivity contribution < 1.29 is 116 Å². The van der Waals surface area contributed by atoms with Crippen LogP contribution >= 0.6 is 63.7 Å². The Bertz CT molecular complexity index is 4280. The molecule has 8 heterocycles. The van der Waals surface area contributed by atoms with E-state index in [1.54, 1.807) is 36.4 Å². The van der Waals surface area contributed by atoms with E-state index in [0.717, 1.165) is 200 Å². The van der Waals surface area contributed by atoms with Gasteiger partial charge >= 0.3 is 37.1 Å². The van der Waals surface area contributed by atoms with Gasteiger partial charge in [0.1, 0.15) is 42.9 Å². The predicted molar refractivity (Wildman–Crippen MR) is 465 cm³/mol. The number of benzene rings is 6. The van der Waals surface area contributed by atoms with Crippen molar-refractivity contribution in [3.63, 3.8) is 0 Å². The SMILES string of the molecule is BrC1=NOC(C2CCNCC2)C1.CC(C)c1ccc(C(F)(F)F)cc1.C[C@H](O)c1ccc(C(F)(F)F)cc1.C[C@H](OS(C)(=O)=O)c1ccc(C(F)(F)F)cc1.C[C@H](c1ccc(C(F)(F)F)cc1)N1CCC(C2CC(Br)=NO2)CC1.C[C@H](c1ccc(C(F)(F)F)cc1)N1CCC([C@@H]2CC(Br)=NO2)CC1.C[C@H](c1ccc(C(F)(F)F)cc1)N1CCC([C@H]2CC(Br)=NO2)CC1. The van der Waals surface area contributed by atoms with E-state index < -0.39 is 92.8 Å². The summed E-state index contributed by atoms with van der Waals surface area (Å²) in [6, 6.07) is 30.8. The van der Waals surface area contributed by atoms with E-state index in [0.29, 0.717) is 40.9 Å². The molecule has 0 amide bonds. The number of piperidine rings is 4. The van der Waals surface area contributed by atoms with Gasteiger partial charge < -0.3 is 29.8 Å². The third-order valence-electron chi connectivity index (χ3n) is 23.3. The highest BCUT2D eigenvalue weighted by molar-refractivity contribution is 9.19. The molecule has 4 saturated heterocycles. The van der Waals surface area contributed by atoms with Gasteiger partial charge in [0.25, 0.3) is 10.1 Å². The second-order valence-corrected chi connectivity index (χ2v) is 37.8. The number of hydrogen-bond donors (Lipinski definition) is 2. The lowest BCUT2D eigenvalue weighted by atomic mass is 9.89. The van der Waals surface area contributed by atoms with E-state index in [4.69, 9.17) is 24.5 Å². The Morgan fingerprint density at radius 1 is 0.346 bits per heavy atom. The Morgan fingerprint density at radius 2 is 0.551 bits per heavy atom. The minimum atomic E-state index is -4.40. The Morgan fingerprint density at radius 3 is 0.740 bits per heavy atom. The molecule has 8 aliphatic rings. The zero-order chi connectivity index (χ0) is 93.7. The molecule has 6 aromatic carbocycles. The van der Waals surface area contributed by atoms with Gasteiger partial charge in [0.05, 0.1) is 51.8 Å². The number of aliphatic hydroxyl groups is 1. The summed E-state index contributed by atoms with van der Waals surface area (Å²) in [7, 11) is -3.63. The molecule has 0 saturated carbocycles. The highest BCUT2D eigenvalue weighted by atomic mass is 79.9. The molecule has 9 atom stereocenters. The van der Waals surface area contributed by atoms with Crippen molar-refractivity contribution >= 4 is 92.3 Å². The van der Waals surface area contributed by atoms with Crippen LogP contribution in [0.1, 0.15) is 229 Å². The average Bonchev–Trinajstić information content (AvgIpc) is 1.81. The second-order valence-electron chi connectivity index (χ2n) is 32.5. The molecular formula is C88H104Br4F18N8O8S.